The molecule has 3 rings (SSSR count). The fourth-order valence-electron chi connectivity index (χ4n) is 3.18. The van der Waals surface area contributed by atoms with Crippen molar-refractivity contribution in [2.24, 2.45) is 0 Å². The number of aliphatic hydroxyl groups excluding tert-OH is 1. The summed E-state index contributed by atoms with van der Waals surface area (Å²) < 4.78 is 17.0. The topological polar surface area (TPSA) is 146 Å². The molecule has 2 heterocycles. The van der Waals surface area contributed by atoms with Crippen molar-refractivity contribution < 1.29 is 33.7 Å². The molecule has 2 aromatic rings. The van der Waals surface area contributed by atoms with Gasteiger partial charge in [0.2, 0.25) is 0 Å². The van der Waals surface area contributed by atoms with E-state index < -0.39 is 54.7 Å². The average molecular weight is 431 g/mol. The third-order valence-corrected chi connectivity index (χ3v) is 4.45. The predicted molar refractivity (Wildman–Crippen MR) is 105 cm³/mol. The van der Waals surface area contributed by atoms with E-state index in [9.17, 15) is 24.3 Å². The summed E-state index contributed by atoms with van der Waals surface area (Å²) in [6.07, 6.45) is -3.25. The molecule has 0 radical (unpaired) electrons. The number of hydrogen-bond acceptors (Lipinski definition) is 9. The highest BCUT2D eigenvalue weighted by Crippen LogP contribution is 2.33. The molecule has 1 aliphatic rings. The van der Waals surface area contributed by atoms with Crippen molar-refractivity contribution in [3.63, 3.8) is 0 Å². The minimum Gasteiger partial charge on any atom is -0.456 e. The van der Waals surface area contributed by atoms with E-state index in [1.807, 2.05) is 0 Å². The van der Waals surface area contributed by atoms with Gasteiger partial charge in [0.15, 0.2) is 18.4 Å². The molecule has 0 saturated carbocycles. The number of carbonyl (C=O) groups is 3. The molecular weight excluding hydrogens is 410 g/mol. The van der Waals surface area contributed by atoms with Crippen LogP contribution in [0.15, 0.2) is 47.4 Å². The number of anilines is 1. The number of esters is 2. The molecule has 164 valence electrons. The van der Waals surface area contributed by atoms with Gasteiger partial charge in [0.05, 0.1) is 6.61 Å². The van der Waals surface area contributed by atoms with E-state index in [1.165, 1.54) is 12.3 Å². The Morgan fingerprint density at radius 3 is 2.32 bits per heavy atom. The molecule has 1 amide bonds. The van der Waals surface area contributed by atoms with E-state index in [1.54, 1.807) is 30.3 Å². The summed E-state index contributed by atoms with van der Waals surface area (Å²) in [5.74, 6) is -1.81. The third-order valence-electron chi connectivity index (χ3n) is 4.45. The molecule has 0 unspecified atom stereocenters. The molecule has 1 fully saturated rings. The van der Waals surface area contributed by atoms with Crippen LogP contribution < -0.4 is 11.0 Å². The maximum absolute atomic E-state index is 12.6. The number of aliphatic hydroxyl groups is 1. The van der Waals surface area contributed by atoms with Crippen LogP contribution in [-0.4, -0.2) is 57.4 Å². The van der Waals surface area contributed by atoms with Crippen molar-refractivity contribution in [2.45, 2.75) is 38.4 Å². The van der Waals surface area contributed by atoms with Gasteiger partial charge in [-0.1, -0.05) is 18.2 Å². The molecule has 0 aliphatic carbocycles. The Kier molecular flexibility index (Phi) is 6.78. The SMILES string of the molecule is CC(=O)O[C@@H]1[C@H](OC(C)=O)[C@@H](CO)O[C@H]1n1ccc(NC(=O)c2ccccc2)nc1=O. The molecule has 1 aliphatic heterocycles. The predicted octanol–water partition coefficient (Wildman–Crippen LogP) is 0.249. The summed E-state index contributed by atoms with van der Waals surface area (Å²) in [7, 11) is 0. The Morgan fingerprint density at radius 1 is 1.10 bits per heavy atom. The summed E-state index contributed by atoms with van der Waals surface area (Å²) in [4.78, 5) is 51.7. The summed E-state index contributed by atoms with van der Waals surface area (Å²) in [6.45, 7) is 1.77. The van der Waals surface area contributed by atoms with E-state index in [4.69, 9.17) is 14.2 Å². The van der Waals surface area contributed by atoms with Crippen LogP contribution in [0.5, 0.6) is 0 Å². The van der Waals surface area contributed by atoms with Crippen LogP contribution in [0.25, 0.3) is 0 Å². The Bertz CT molecular complexity index is 1020. The van der Waals surface area contributed by atoms with Gasteiger partial charge in [-0.25, -0.2) is 4.79 Å². The number of carbonyl (C=O) groups excluding carboxylic acids is 3. The summed E-state index contributed by atoms with van der Waals surface area (Å²) in [5, 5.41) is 12.1. The van der Waals surface area contributed by atoms with Gasteiger partial charge in [-0.05, 0) is 18.2 Å². The van der Waals surface area contributed by atoms with Gasteiger partial charge in [-0.15, -0.1) is 0 Å². The normalized spacial score (nSPS) is 22.5. The van der Waals surface area contributed by atoms with Gasteiger partial charge in [-0.3, -0.25) is 19.0 Å². The molecule has 4 atom stereocenters. The quantitative estimate of drug-likeness (QED) is 0.614. The summed E-state index contributed by atoms with van der Waals surface area (Å²) in [6, 6.07) is 9.74. The minimum atomic E-state index is -1.20. The molecule has 31 heavy (non-hydrogen) atoms. The fourth-order valence-corrected chi connectivity index (χ4v) is 3.18. The molecule has 2 N–H and O–H groups in total. The van der Waals surface area contributed by atoms with Gasteiger partial charge in [0, 0.05) is 25.6 Å². The average Bonchev–Trinajstić information content (AvgIpc) is 3.04. The van der Waals surface area contributed by atoms with Crippen molar-refractivity contribution in [3.8, 4) is 0 Å². The van der Waals surface area contributed by atoms with E-state index in [2.05, 4.69) is 10.3 Å². The molecule has 11 heteroatoms. The van der Waals surface area contributed by atoms with Crippen LogP contribution in [0.4, 0.5) is 5.82 Å². The Hall–Kier alpha value is -3.57. The maximum Gasteiger partial charge on any atom is 0.351 e. The zero-order valence-electron chi connectivity index (χ0n) is 16.8. The number of benzene rings is 1. The van der Waals surface area contributed by atoms with Crippen LogP contribution in [0.2, 0.25) is 0 Å². The number of rotatable bonds is 6. The van der Waals surface area contributed by atoms with E-state index in [-0.39, 0.29) is 5.82 Å². The number of nitrogens with zero attached hydrogens (tertiary/aromatic N) is 2. The Morgan fingerprint density at radius 2 is 1.74 bits per heavy atom. The second-order valence-corrected chi connectivity index (χ2v) is 6.72. The van der Waals surface area contributed by atoms with E-state index in [0.29, 0.717) is 5.56 Å². The van der Waals surface area contributed by atoms with E-state index >= 15 is 0 Å². The molecule has 1 saturated heterocycles. The van der Waals surface area contributed by atoms with Gasteiger partial charge < -0.3 is 24.6 Å². The second-order valence-electron chi connectivity index (χ2n) is 6.72. The standard InChI is InChI=1S/C20H21N3O8/c1-11(25)29-16-14(10-24)31-19(17(16)30-12(2)26)23-9-8-15(22-20(23)28)21-18(27)13-6-4-3-5-7-13/h3-9,14,16-17,19,24H,10H2,1-2H3,(H,21,22,27,28)/t14-,16-,17-,19-/m1/s1. The highest BCUT2D eigenvalue weighted by atomic mass is 16.6. The highest BCUT2D eigenvalue weighted by Gasteiger charge is 2.50. The van der Waals surface area contributed by atoms with Crippen molar-refractivity contribution in [1.29, 1.82) is 0 Å². The number of amides is 1. The van der Waals surface area contributed by atoms with Crippen molar-refractivity contribution in [1.82, 2.24) is 9.55 Å². The molecule has 1 aromatic carbocycles. The van der Waals surface area contributed by atoms with Gasteiger partial charge >= 0.3 is 17.6 Å². The summed E-state index contributed by atoms with van der Waals surface area (Å²) >= 11 is 0. The first kappa shape index (κ1) is 22.1. The number of nitrogens with one attached hydrogen (secondary N) is 1. The van der Waals surface area contributed by atoms with Crippen LogP contribution in [0.1, 0.15) is 30.4 Å². The van der Waals surface area contributed by atoms with Gasteiger partial charge in [-0.2, -0.15) is 4.98 Å². The summed E-state index contributed by atoms with van der Waals surface area (Å²) in [5.41, 5.74) is -0.425. The first-order chi connectivity index (χ1) is 14.8. The molecule has 11 nitrogen and oxygen atoms in total. The van der Waals surface area contributed by atoms with Crippen molar-refractivity contribution in [2.75, 3.05) is 11.9 Å². The van der Waals surface area contributed by atoms with Crippen LogP contribution >= 0.6 is 0 Å². The molecule has 0 bridgehead atoms. The number of ether oxygens (including phenoxy) is 3. The van der Waals surface area contributed by atoms with Gasteiger partial charge in [0.1, 0.15) is 11.9 Å². The van der Waals surface area contributed by atoms with Gasteiger partial charge in [0.25, 0.3) is 5.91 Å². The first-order valence-electron chi connectivity index (χ1n) is 9.36. The van der Waals surface area contributed by atoms with E-state index in [0.717, 1.165) is 18.4 Å². The zero-order chi connectivity index (χ0) is 22.5. The maximum atomic E-state index is 12.6. The van der Waals surface area contributed by atoms with Crippen molar-refractivity contribution >= 4 is 23.7 Å². The monoisotopic (exact) mass is 431 g/mol. The first-order valence-corrected chi connectivity index (χ1v) is 9.36. The Labute approximate surface area is 176 Å². The lowest BCUT2D eigenvalue weighted by Crippen LogP contribution is -2.41. The fraction of sp³-hybridized carbons (Fsp3) is 0.350. The lowest BCUT2D eigenvalue weighted by molar-refractivity contribution is -0.165. The smallest absolute Gasteiger partial charge is 0.351 e. The second kappa shape index (κ2) is 9.49. The molecule has 1 aromatic heterocycles. The lowest BCUT2D eigenvalue weighted by atomic mass is 10.1. The van der Waals surface area contributed by atoms with Crippen LogP contribution in [-0.2, 0) is 23.8 Å². The van der Waals surface area contributed by atoms with Crippen LogP contribution in [0, 0.1) is 0 Å². The van der Waals surface area contributed by atoms with Crippen LogP contribution in [0.3, 0.4) is 0 Å². The molecular formula is C20H21N3O8. The third kappa shape index (κ3) is 5.13. The zero-order valence-corrected chi connectivity index (χ0v) is 16.8. The largest absolute Gasteiger partial charge is 0.456 e. The minimum absolute atomic E-state index is 0.00683. The Balaban J connectivity index is 1.86. The lowest BCUT2D eigenvalue weighted by Gasteiger charge is -2.23. The highest BCUT2D eigenvalue weighted by molar-refractivity contribution is 6.03. The molecule has 0 spiro atoms. The van der Waals surface area contributed by atoms with Crippen molar-refractivity contribution in [3.05, 3.63) is 58.6 Å². The number of aromatic nitrogens is 2. The number of hydrogen-bond donors (Lipinski definition) is 2.